The Bertz CT molecular complexity index is 2070. The fourth-order valence-electron chi connectivity index (χ4n) is 6.16. The SMILES string of the molecule is C[C](C)=[Zr+2].Cc1cc2c(-c3cccc4ccccc34)cccc2[cH-]1.Cc1cc2c(-c3cccc4ccccc34)cccc2[cH-]1. The van der Waals surface area contributed by atoms with Crippen molar-refractivity contribution in [2.45, 2.75) is 27.7 Å². The molecular formula is C43H36Zr. The quantitative estimate of drug-likeness (QED) is 0.164. The number of hydrogen-bond acceptors (Lipinski definition) is 0. The van der Waals surface area contributed by atoms with Gasteiger partial charge in [-0.25, -0.2) is 0 Å². The molecule has 0 saturated carbocycles. The first-order chi connectivity index (χ1) is 21.4. The molecule has 8 rings (SSSR count). The maximum atomic E-state index is 2.28. The summed E-state index contributed by atoms with van der Waals surface area (Å²) in [4.78, 5) is 0. The van der Waals surface area contributed by atoms with Gasteiger partial charge in [-0.2, -0.15) is 12.1 Å². The maximum Gasteiger partial charge on any atom is -0.0114 e. The van der Waals surface area contributed by atoms with E-state index in [1.807, 2.05) is 0 Å². The zero-order chi connectivity index (χ0) is 30.6. The van der Waals surface area contributed by atoms with E-state index in [2.05, 4.69) is 173 Å². The number of hydrogen-bond donors (Lipinski definition) is 0. The molecule has 0 heterocycles. The van der Waals surface area contributed by atoms with E-state index in [1.54, 1.807) is 24.2 Å². The van der Waals surface area contributed by atoms with Crippen LogP contribution in [0.2, 0.25) is 0 Å². The second-order valence-corrected chi connectivity index (χ2v) is 14.2. The second kappa shape index (κ2) is 13.2. The molecule has 0 unspecified atom stereocenters. The largest absolute Gasteiger partial charge is 0.165 e. The van der Waals surface area contributed by atoms with Crippen molar-refractivity contribution in [2.24, 2.45) is 0 Å². The minimum absolute atomic E-state index is 1.30. The van der Waals surface area contributed by atoms with Crippen molar-refractivity contribution in [1.29, 1.82) is 0 Å². The summed E-state index contributed by atoms with van der Waals surface area (Å²) in [6.45, 7) is 8.57. The van der Waals surface area contributed by atoms with Gasteiger partial charge in [-0.05, 0) is 32.7 Å². The topological polar surface area (TPSA) is 0 Å². The van der Waals surface area contributed by atoms with Crippen LogP contribution in [-0.2, 0) is 24.2 Å². The van der Waals surface area contributed by atoms with Crippen molar-refractivity contribution in [1.82, 2.24) is 0 Å². The number of fused-ring (bicyclic) bond motifs is 4. The predicted molar refractivity (Wildman–Crippen MR) is 191 cm³/mol. The van der Waals surface area contributed by atoms with Crippen molar-refractivity contribution in [3.63, 3.8) is 0 Å². The average Bonchev–Trinajstić information content (AvgIpc) is 3.61. The van der Waals surface area contributed by atoms with Crippen LogP contribution in [0.15, 0.2) is 146 Å². The van der Waals surface area contributed by atoms with Gasteiger partial charge < -0.3 is 0 Å². The van der Waals surface area contributed by atoms with E-state index >= 15 is 0 Å². The Morgan fingerprint density at radius 2 is 0.750 bits per heavy atom. The molecule has 0 aliphatic rings. The molecule has 44 heavy (non-hydrogen) atoms. The molecule has 1 heteroatoms. The normalized spacial score (nSPS) is 10.9. The van der Waals surface area contributed by atoms with Crippen LogP contribution in [0.3, 0.4) is 0 Å². The Kier molecular flexibility index (Phi) is 8.97. The van der Waals surface area contributed by atoms with E-state index in [0.717, 1.165) is 0 Å². The van der Waals surface area contributed by atoms with Crippen LogP contribution in [-0.4, -0.2) is 3.21 Å². The molecule has 8 aromatic carbocycles. The first-order valence-corrected chi connectivity index (χ1v) is 16.4. The minimum Gasteiger partial charge on any atom is -0.165 e. The van der Waals surface area contributed by atoms with Gasteiger partial charge in [0.05, 0.1) is 0 Å². The molecule has 0 bridgehead atoms. The molecule has 0 fully saturated rings. The zero-order valence-corrected chi connectivity index (χ0v) is 28.3. The predicted octanol–water partition coefficient (Wildman–Crippen LogP) is 12.1. The Labute approximate surface area is 275 Å². The molecule has 0 aliphatic carbocycles. The third kappa shape index (κ3) is 6.35. The summed E-state index contributed by atoms with van der Waals surface area (Å²) in [5.41, 5.74) is 7.94. The van der Waals surface area contributed by atoms with E-state index in [0.29, 0.717) is 0 Å². The summed E-state index contributed by atoms with van der Waals surface area (Å²) < 4.78 is 1.51. The summed E-state index contributed by atoms with van der Waals surface area (Å²) in [5.74, 6) is 0. The molecule has 0 atom stereocenters. The molecule has 0 saturated heterocycles. The fourth-order valence-corrected chi connectivity index (χ4v) is 6.16. The Hall–Kier alpha value is -4.19. The van der Waals surface area contributed by atoms with E-state index < -0.39 is 0 Å². The third-order valence-corrected chi connectivity index (χ3v) is 7.95. The maximum absolute atomic E-state index is 2.28. The van der Waals surface area contributed by atoms with E-state index in [-0.39, 0.29) is 0 Å². The average molecular weight is 644 g/mol. The van der Waals surface area contributed by atoms with E-state index in [4.69, 9.17) is 0 Å². The molecular weight excluding hydrogens is 608 g/mol. The van der Waals surface area contributed by atoms with Crippen molar-refractivity contribution in [3.8, 4) is 22.3 Å². The van der Waals surface area contributed by atoms with Gasteiger partial charge in [-0.3, -0.25) is 0 Å². The smallest absolute Gasteiger partial charge is 0.0114 e. The molecule has 0 aromatic heterocycles. The second-order valence-electron chi connectivity index (χ2n) is 11.7. The minimum atomic E-state index is 1.30. The van der Waals surface area contributed by atoms with Crippen LogP contribution in [0.4, 0.5) is 0 Å². The van der Waals surface area contributed by atoms with Gasteiger partial charge in [0.25, 0.3) is 0 Å². The fraction of sp³-hybridized carbons (Fsp3) is 0.0930. The van der Waals surface area contributed by atoms with Gasteiger partial charge >= 0.3 is 41.3 Å². The van der Waals surface area contributed by atoms with Gasteiger partial charge in [-0.15, -0.1) is 69.1 Å². The van der Waals surface area contributed by atoms with Crippen LogP contribution >= 0.6 is 0 Å². The van der Waals surface area contributed by atoms with Crippen molar-refractivity contribution >= 4 is 46.3 Å². The van der Waals surface area contributed by atoms with Crippen LogP contribution in [0.25, 0.3) is 65.3 Å². The number of rotatable bonds is 2. The van der Waals surface area contributed by atoms with Crippen LogP contribution in [0, 0.1) is 13.8 Å². The van der Waals surface area contributed by atoms with Crippen LogP contribution in [0.5, 0.6) is 0 Å². The summed E-state index contributed by atoms with van der Waals surface area (Å²) in [6, 6.07) is 52.5. The van der Waals surface area contributed by atoms with Gasteiger partial charge in [0, 0.05) is 0 Å². The standard InChI is InChI=1S/2C20H15.C3H6.Zr/c2*1-14-12-16-8-5-11-19(20(16)13-14)18-10-4-7-15-6-2-3-9-17(15)18;1-3-2;/h2*2-13H,1H3;1-2H3;/q2*-1;;+2. The first kappa shape index (κ1) is 29.9. The molecule has 0 spiro atoms. The van der Waals surface area contributed by atoms with Crippen molar-refractivity contribution < 1.29 is 24.2 Å². The third-order valence-electron chi connectivity index (χ3n) is 7.95. The van der Waals surface area contributed by atoms with Gasteiger partial charge in [0.2, 0.25) is 0 Å². The molecule has 0 nitrogen and oxygen atoms in total. The van der Waals surface area contributed by atoms with Gasteiger partial charge in [0.1, 0.15) is 0 Å². The Morgan fingerprint density at radius 3 is 1.16 bits per heavy atom. The van der Waals surface area contributed by atoms with Gasteiger partial charge in [0.15, 0.2) is 0 Å². The first-order valence-electron chi connectivity index (χ1n) is 15.2. The van der Waals surface area contributed by atoms with Crippen LogP contribution in [0.1, 0.15) is 25.0 Å². The summed E-state index contributed by atoms with van der Waals surface area (Å²) in [7, 11) is 0. The number of aryl methyl sites for hydroxylation is 2. The Morgan fingerprint density at radius 1 is 0.432 bits per heavy atom. The number of benzene rings is 6. The molecule has 0 aliphatic heterocycles. The summed E-state index contributed by atoms with van der Waals surface area (Å²) in [5, 5.41) is 10.6. The molecule has 212 valence electrons. The molecule has 0 amide bonds. The van der Waals surface area contributed by atoms with Crippen molar-refractivity contribution in [2.75, 3.05) is 0 Å². The Balaban J connectivity index is 0.000000139. The summed E-state index contributed by atoms with van der Waals surface area (Å²) >= 11 is 1.55. The van der Waals surface area contributed by atoms with E-state index in [9.17, 15) is 0 Å². The van der Waals surface area contributed by atoms with Crippen molar-refractivity contribution in [3.05, 3.63) is 157 Å². The summed E-state index contributed by atoms with van der Waals surface area (Å²) in [6.07, 6.45) is 0. The molecule has 0 N–H and O–H groups in total. The van der Waals surface area contributed by atoms with Gasteiger partial charge in [-0.1, -0.05) is 122 Å². The zero-order valence-electron chi connectivity index (χ0n) is 25.9. The van der Waals surface area contributed by atoms with E-state index in [1.165, 1.54) is 79.7 Å². The molecule has 8 aromatic rings. The molecule has 0 radical (unpaired) electrons. The monoisotopic (exact) mass is 642 g/mol. The van der Waals surface area contributed by atoms with Crippen LogP contribution < -0.4 is 0 Å².